The van der Waals surface area contributed by atoms with Crippen molar-refractivity contribution in [2.24, 2.45) is 0 Å². The molecule has 8 rings (SSSR count). The number of rotatable bonds is 0. The molecular formula is C32H30O2. The molecule has 4 aromatic carbocycles. The zero-order valence-electron chi connectivity index (χ0n) is 20.7. The third-order valence-corrected chi connectivity index (χ3v) is 8.65. The Bertz CT molecular complexity index is 1410. The fraction of sp³-hybridized carbons (Fsp3) is 0.375. The van der Waals surface area contributed by atoms with Crippen LogP contribution in [0.4, 0.5) is 0 Å². The van der Waals surface area contributed by atoms with E-state index in [0.717, 1.165) is 0 Å². The third kappa shape index (κ3) is 2.20. The van der Waals surface area contributed by atoms with Crippen molar-refractivity contribution in [3.05, 3.63) is 82.0 Å². The third-order valence-electron chi connectivity index (χ3n) is 8.65. The Labute approximate surface area is 200 Å². The van der Waals surface area contributed by atoms with Gasteiger partial charge in [-0.2, -0.15) is 0 Å². The molecule has 0 fully saturated rings. The Morgan fingerprint density at radius 3 is 0.971 bits per heavy atom. The molecule has 2 nitrogen and oxygen atoms in total. The normalized spacial score (nSPS) is 26.6. The van der Waals surface area contributed by atoms with Gasteiger partial charge in [-0.3, -0.25) is 0 Å². The van der Waals surface area contributed by atoms with Crippen LogP contribution in [-0.2, 0) is 20.3 Å². The first kappa shape index (κ1) is 19.6. The van der Waals surface area contributed by atoms with Crippen molar-refractivity contribution in [3.63, 3.8) is 0 Å². The molecule has 4 atom stereocenters. The zero-order chi connectivity index (χ0) is 23.3. The van der Waals surface area contributed by atoms with Gasteiger partial charge in [-0.05, 0) is 76.5 Å². The lowest BCUT2D eigenvalue weighted by Gasteiger charge is -2.28. The first-order chi connectivity index (χ1) is 16.1. The zero-order valence-corrected chi connectivity index (χ0v) is 20.7. The Balaban J connectivity index is 1.68. The van der Waals surface area contributed by atoms with E-state index in [2.05, 4.69) is 90.1 Å². The number of ether oxygens (including phenoxy) is 2. The van der Waals surface area contributed by atoms with E-state index in [0.29, 0.717) is 0 Å². The maximum atomic E-state index is 6.50. The van der Waals surface area contributed by atoms with Crippen LogP contribution < -0.4 is 0 Å². The van der Waals surface area contributed by atoms with Crippen LogP contribution in [-0.4, -0.2) is 0 Å². The summed E-state index contributed by atoms with van der Waals surface area (Å²) in [5.41, 5.74) is 8.46. The van der Waals surface area contributed by atoms with Gasteiger partial charge in [0.25, 0.3) is 0 Å². The first-order valence-corrected chi connectivity index (χ1v) is 12.7. The molecule has 34 heavy (non-hydrogen) atoms. The highest BCUT2D eigenvalue weighted by molar-refractivity contribution is 6.27. The smallest absolute Gasteiger partial charge is 0.103 e. The Morgan fingerprint density at radius 1 is 0.471 bits per heavy atom. The molecular weight excluding hydrogens is 416 g/mol. The molecule has 0 saturated carbocycles. The first-order valence-electron chi connectivity index (χ1n) is 12.7. The number of benzene rings is 4. The second-order valence-electron chi connectivity index (χ2n) is 12.8. The molecule has 0 spiro atoms. The fourth-order valence-corrected chi connectivity index (χ4v) is 6.90. The number of hydrogen-bond donors (Lipinski definition) is 0. The highest BCUT2D eigenvalue weighted by Crippen LogP contribution is 2.59. The van der Waals surface area contributed by atoms with Gasteiger partial charge in [0, 0.05) is 0 Å². The lowest BCUT2D eigenvalue weighted by atomic mass is 9.74. The van der Waals surface area contributed by atoms with Gasteiger partial charge in [-0.25, -0.2) is 0 Å². The van der Waals surface area contributed by atoms with Crippen LogP contribution in [0.1, 0.15) is 99.3 Å². The standard InChI is InChI=1S/C32H30O2/c1-31(2,3)15-11-17-25-18(12-15)28-22-8-10-24(34-22)30(28)20-14-16(32(4,5)6)13-19(26(20)25)29-23-9-7-21(33-23)27(17)29/h7-14,21-24H,1-6H3. The molecule has 0 N–H and O–H groups in total. The Morgan fingerprint density at radius 2 is 0.735 bits per heavy atom. The van der Waals surface area contributed by atoms with Gasteiger partial charge in [0.15, 0.2) is 0 Å². The van der Waals surface area contributed by atoms with Gasteiger partial charge in [-0.1, -0.05) is 90.1 Å². The van der Waals surface area contributed by atoms with Crippen molar-refractivity contribution in [1.29, 1.82) is 0 Å². The van der Waals surface area contributed by atoms with Gasteiger partial charge in [0.05, 0.1) is 0 Å². The SMILES string of the molecule is CC(C)(C)c1cc2c3c(c4cc(C(C)(C)C)cc5c6c(c(c1)c2c45)C1C=CC6O1)C1C=CC3O1. The summed E-state index contributed by atoms with van der Waals surface area (Å²) in [4.78, 5) is 0. The average Bonchev–Trinajstić information content (AvgIpc) is 3.57. The number of fused-ring (bicyclic) bond motifs is 14. The second-order valence-corrected chi connectivity index (χ2v) is 12.8. The van der Waals surface area contributed by atoms with E-state index in [1.54, 1.807) is 0 Å². The van der Waals surface area contributed by atoms with Gasteiger partial charge in [0.1, 0.15) is 24.4 Å². The maximum Gasteiger partial charge on any atom is 0.103 e. The summed E-state index contributed by atoms with van der Waals surface area (Å²) in [5.74, 6) is 0. The molecule has 0 radical (unpaired) electrons. The van der Waals surface area contributed by atoms with Crippen molar-refractivity contribution in [3.8, 4) is 0 Å². The quantitative estimate of drug-likeness (QED) is 0.199. The van der Waals surface area contributed by atoms with Crippen LogP contribution in [0, 0.1) is 0 Å². The van der Waals surface area contributed by atoms with Gasteiger partial charge in [-0.15, -0.1) is 0 Å². The molecule has 4 heterocycles. The van der Waals surface area contributed by atoms with Crippen molar-refractivity contribution in [2.45, 2.75) is 76.8 Å². The second kappa shape index (κ2) is 5.75. The predicted octanol–water partition coefficient (Wildman–Crippen LogP) is 8.54. The minimum atomic E-state index is 0.0563. The molecule has 2 heteroatoms. The van der Waals surface area contributed by atoms with E-state index >= 15 is 0 Å². The highest BCUT2D eigenvalue weighted by Gasteiger charge is 2.42. The van der Waals surface area contributed by atoms with Crippen LogP contribution in [0.15, 0.2) is 48.6 Å². The molecule has 4 aromatic rings. The van der Waals surface area contributed by atoms with Crippen molar-refractivity contribution < 1.29 is 9.47 Å². The summed E-state index contributed by atoms with van der Waals surface area (Å²) in [6.07, 6.45) is 9.27. The van der Waals surface area contributed by atoms with E-state index in [-0.39, 0.29) is 35.2 Å². The van der Waals surface area contributed by atoms with Crippen LogP contribution in [0.5, 0.6) is 0 Å². The number of hydrogen-bond acceptors (Lipinski definition) is 2. The maximum absolute atomic E-state index is 6.50. The van der Waals surface area contributed by atoms with Crippen LogP contribution in [0.3, 0.4) is 0 Å². The molecule has 0 saturated heterocycles. The lowest BCUT2D eigenvalue weighted by molar-refractivity contribution is 0.0887. The summed E-state index contributed by atoms with van der Waals surface area (Å²) in [7, 11) is 0. The van der Waals surface area contributed by atoms with E-state index in [1.807, 2.05) is 0 Å². The molecule has 4 bridgehead atoms. The minimum Gasteiger partial charge on any atom is -0.357 e. The van der Waals surface area contributed by atoms with Gasteiger partial charge in [0.2, 0.25) is 0 Å². The largest absolute Gasteiger partial charge is 0.357 e. The van der Waals surface area contributed by atoms with E-state index in [9.17, 15) is 0 Å². The summed E-state index contributed by atoms with van der Waals surface area (Å²) >= 11 is 0. The molecule has 170 valence electrons. The highest BCUT2D eigenvalue weighted by atomic mass is 16.5. The molecule has 0 aliphatic carbocycles. The lowest BCUT2D eigenvalue weighted by Crippen LogP contribution is -2.14. The van der Waals surface area contributed by atoms with Crippen LogP contribution in [0.2, 0.25) is 0 Å². The van der Waals surface area contributed by atoms with E-state index < -0.39 is 0 Å². The Kier molecular flexibility index (Phi) is 3.32. The molecule has 4 unspecified atom stereocenters. The van der Waals surface area contributed by atoms with E-state index in [4.69, 9.17) is 9.47 Å². The fourth-order valence-electron chi connectivity index (χ4n) is 6.90. The van der Waals surface area contributed by atoms with Crippen LogP contribution >= 0.6 is 0 Å². The summed E-state index contributed by atoms with van der Waals surface area (Å²) in [6, 6.07) is 9.86. The Hall–Kier alpha value is -2.68. The molecule has 0 amide bonds. The molecule has 0 aromatic heterocycles. The molecule has 4 aliphatic rings. The molecule has 4 aliphatic heterocycles. The van der Waals surface area contributed by atoms with Crippen molar-refractivity contribution in [2.75, 3.05) is 0 Å². The minimum absolute atomic E-state index is 0.0563. The topological polar surface area (TPSA) is 18.5 Å². The van der Waals surface area contributed by atoms with E-state index in [1.165, 1.54) is 65.7 Å². The van der Waals surface area contributed by atoms with Crippen molar-refractivity contribution in [1.82, 2.24) is 0 Å². The summed E-state index contributed by atoms with van der Waals surface area (Å²) < 4.78 is 13.0. The van der Waals surface area contributed by atoms with Crippen molar-refractivity contribution >= 4 is 32.3 Å². The van der Waals surface area contributed by atoms with Gasteiger partial charge >= 0.3 is 0 Å². The van der Waals surface area contributed by atoms with Crippen LogP contribution in [0.25, 0.3) is 32.3 Å². The average molecular weight is 447 g/mol. The predicted molar refractivity (Wildman–Crippen MR) is 139 cm³/mol. The summed E-state index contributed by atoms with van der Waals surface area (Å²) in [5, 5.41) is 8.33. The van der Waals surface area contributed by atoms with Gasteiger partial charge < -0.3 is 9.47 Å². The monoisotopic (exact) mass is 446 g/mol. The summed E-state index contributed by atoms with van der Waals surface area (Å²) in [6.45, 7) is 13.9.